The minimum Gasteiger partial charge on any atom is -0.326 e. The normalized spacial score (nSPS) is 16.9. The average Bonchev–Trinajstić information content (AvgIpc) is 3.17. The summed E-state index contributed by atoms with van der Waals surface area (Å²) in [6.07, 6.45) is 1.96. The molecule has 1 aromatic heterocycles. The Morgan fingerprint density at radius 2 is 1.96 bits per heavy atom. The van der Waals surface area contributed by atoms with Crippen molar-refractivity contribution < 1.29 is 14.4 Å². The largest absolute Gasteiger partial charge is 0.326 e. The van der Waals surface area contributed by atoms with Crippen molar-refractivity contribution in [3.8, 4) is 0 Å². The molecule has 1 fully saturated rings. The first-order chi connectivity index (χ1) is 11.6. The Balaban J connectivity index is 1.50. The van der Waals surface area contributed by atoms with Gasteiger partial charge < -0.3 is 5.32 Å². The van der Waals surface area contributed by atoms with Gasteiger partial charge in [0.15, 0.2) is 0 Å². The Kier molecular flexibility index (Phi) is 5.05. The van der Waals surface area contributed by atoms with Crippen molar-refractivity contribution in [3.05, 3.63) is 52.2 Å². The van der Waals surface area contributed by atoms with Gasteiger partial charge in [-0.25, -0.2) is 0 Å². The number of carbonyl (C=O) groups is 3. The number of anilines is 1. The van der Waals surface area contributed by atoms with Gasteiger partial charge >= 0.3 is 0 Å². The minimum absolute atomic E-state index is 0.0188. The molecule has 24 heavy (non-hydrogen) atoms. The molecule has 2 N–H and O–H groups in total. The summed E-state index contributed by atoms with van der Waals surface area (Å²) in [5, 5.41) is 9.24. The van der Waals surface area contributed by atoms with Crippen molar-refractivity contribution in [2.45, 2.75) is 25.7 Å². The molecule has 1 aromatic carbocycles. The predicted molar refractivity (Wildman–Crippen MR) is 92.7 cm³/mol. The monoisotopic (exact) mass is 342 g/mol. The number of hydrogen-bond acceptors (Lipinski definition) is 4. The Bertz CT molecular complexity index is 738. The number of aryl methyl sites for hydroxylation is 1. The number of amides is 3. The third-order valence-electron chi connectivity index (χ3n) is 4.01. The first-order valence-corrected chi connectivity index (χ1v) is 8.78. The summed E-state index contributed by atoms with van der Waals surface area (Å²) >= 11 is 1.63. The molecule has 2 aromatic rings. The van der Waals surface area contributed by atoms with Crippen LogP contribution in [0.1, 0.15) is 24.0 Å². The zero-order valence-corrected chi connectivity index (χ0v) is 13.9. The number of imide groups is 1. The highest BCUT2D eigenvalue weighted by molar-refractivity contribution is 7.07. The van der Waals surface area contributed by atoms with Crippen LogP contribution in [0, 0.1) is 5.92 Å². The Labute approximate surface area is 144 Å². The van der Waals surface area contributed by atoms with Crippen LogP contribution in [0.25, 0.3) is 0 Å². The van der Waals surface area contributed by atoms with Gasteiger partial charge in [-0.05, 0) is 52.9 Å². The Hall–Kier alpha value is -2.47. The van der Waals surface area contributed by atoms with Crippen LogP contribution in [0.2, 0.25) is 0 Å². The van der Waals surface area contributed by atoms with Crippen LogP contribution >= 0.6 is 11.3 Å². The van der Waals surface area contributed by atoms with E-state index in [2.05, 4.69) is 10.6 Å². The van der Waals surface area contributed by atoms with Crippen molar-refractivity contribution in [2.75, 3.05) is 5.32 Å². The van der Waals surface area contributed by atoms with E-state index in [0.717, 1.165) is 17.7 Å². The van der Waals surface area contributed by atoms with Crippen LogP contribution < -0.4 is 10.6 Å². The van der Waals surface area contributed by atoms with Gasteiger partial charge in [-0.1, -0.05) is 12.1 Å². The molecular formula is C18H18N2O3S. The molecule has 1 aliphatic heterocycles. The first kappa shape index (κ1) is 16.4. The van der Waals surface area contributed by atoms with Gasteiger partial charge in [-0.2, -0.15) is 11.3 Å². The summed E-state index contributed by atoms with van der Waals surface area (Å²) in [5.41, 5.74) is 2.89. The zero-order chi connectivity index (χ0) is 16.9. The van der Waals surface area contributed by atoms with Gasteiger partial charge in [-0.15, -0.1) is 0 Å². The quantitative estimate of drug-likeness (QED) is 0.792. The summed E-state index contributed by atoms with van der Waals surface area (Å²) in [5.74, 6) is -0.719. The van der Waals surface area contributed by atoms with Gasteiger partial charge in [-0.3, -0.25) is 19.7 Å². The minimum atomic E-state index is -0.288. The summed E-state index contributed by atoms with van der Waals surface area (Å²) < 4.78 is 0. The van der Waals surface area contributed by atoms with Crippen LogP contribution in [-0.4, -0.2) is 17.7 Å². The molecule has 124 valence electrons. The topological polar surface area (TPSA) is 75.3 Å². The molecule has 1 saturated heterocycles. The van der Waals surface area contributed by atoms with Crippen LogP contribution in [0.15, 0.2) is 41.1 Å². The molecule has 1 aliphatic rings. The third-order valence-corrected chi connectivity index (χ3v) is 4.74. The van der Waals surface area contributed by atoms with Crippen molar-refractivity contribution in [1.82, 2.24) is 5.32 Å². The lowest BCUT2D eigenvalue weighted by atomic mass is 9.98. The Morgan fingerprint density at radius 3 is 2.58 bits per heavy atom. The van der Waals surface area contributed by atoms with E-state index in [9.17, 15) is 14.4 Å². The fourth-order valence-electron chi connectivity index (χ4n) is 2.70. The highest BCUT2D eigenvalue weighted by Gasteiger charge is 2.30. The molecule has 0 saturated carbocycles. The number of rotatable bonds is 6. The number of carbonyl (C=O) groups excluding carboxylic acids is 3. The van der Waals surface area contributed by atoms with E-state index in [0.29, 0.717) is 12.8 Å². The van der Waals surface area contributed by atoms with Gasteiger partial charge in [0.05, 0.1) is 5.92 Å². The first-order valence-electron chi connectivity index (χ1n) is 7.84. The van der Waals surface area contributed by atoms with Crippen LogP contribution in [0.5, 0.6) is 0 Å². The number of benzene rings is 1. The fourth-order valence-corrected chi connectivity index (χ4v) is 3.40. The maximum absolute atomic E-state index is 12.0. The van der Waals surface area contributed by atoms with Gasteiger partial charge in [0.2, 0.25) is 17.7 Å². The van der Waals surface area contributed by atoms with E-state index >= 15 is 0 Å². The molecular weight excluding hydrogens is 324 g/mol. The second-order valence-corrected chi connectivity index (χ2v) is 6.67. The highest BCUT2D eigenvalue weighted by atomic mass is 32.1. The molecule has 0 spiro atoms. The van der Waals surface area contributed by atoms with Crippen molar-refractivity contribution in [1.29, 1.82) is 0 Å². The van der Waals surface area contributed by atoms with E-state index in [1.807, 2.05) is 41.1 Å². The van der Waals surface area contributed by atoms with Crippen molar-refractivity contribution in [2.24, 2.45) is 5.92 Å². The average molecular weight is 342 g/mol. The SMILES string of the molecule is O=C1C[C@@H](Cc2ccc(NC(=O)CCc3ccsc3)cc2)C(=O)N1. The molecule has 0 radical (unpaired) electrons. The van der Waals surface area contributed by atoms with Crippen LogP contribution in [-0.2, 0) is 27.2 Å². The summed E-state index contributed by atoms with van der Waals surface area (Å²) in [4.78, 5) is 34.7. The zero-order valence-electron chi connectivity index (χ0n) is 13.1. The fraction of sp³-hybridized carbons (Fsp3) is 0.278. The molecule has 3 amide bonds. The molecule has 2 heterocycles. The van der Waals surface area contributed by atoms with Crippen LogP contribution in [0.3, 0.4) is 0 Å². The third kappa shape index (κ3) is 4.29. The van der Waals surface area contributed by atoms with E-state index in [-0.39, 0.29) is 30.1 Å². The smallest absolute Gasteiger partial charge is 0.230 e. The molecule has 6 heteroatoms. The maximum atomic E-state index is 12.0. The van der Waals surface area contributed by atoms with Gasteiger partial charge in [0, 0.05) is 18.5 Å². The number of thiophene rings is 1. The standard InChI is InChI=1S/C18H18N2O3S/c21-16(6-3-13-7-8-24-11-13)19-15-4-1-12(2-5-15)9-14-10-17(22)20-18(14)23/h1-2,4-5,7-8,11,14H,3,6,9-10H2,(H,19,21)(H,20,22,23)/t14-/m1/s1. The molecule has 5 nitrogen and oxygen atoms in total. The molecule has 1 atom stereocenters. The highest BCUT2D eigenvalue weighted by Crippen LogP contribution is 2.19. The van der Waals surface area contributed by atoms with Gasteiger partial charge in [0.25, 0.3) is 0 Å². The second-order valence-electron chi connectivity index (χ2n) is 5.89. The van der Waals surface area contributed by atoms with Crippen molar-refractivity contribution in [3.63, 3.8) is 0 Å². The Morgan fingerprint density at radius 1 is 1.17 bits per heavy atom. The lowest BCUT2D eigenvalue weighted by molar-refractivity contribution is -0.125. The molecule has 0 aliphatic carbocycles. The van der Waals surface area contributed by atoms with E-state index in [4.69, 9.17) is 0 Å². The molecule has 3 rings (SSSR count). The molecule has 0 unspecified atom stereocenters. The predicted octanol–water partition coefficient (Wildman–Crippen LogP) is 2.52. The second kappa shape index (κ2) is 7.40. The maximum Gasteiger partial charge on any atom is 0.230 e. The summed E-state index contributed by atoms with van der Waals surface area (Å²) in [6, 6.07) is 9.44. The summed E-state index contributed by atoms with van der Waals surface area (Å²) in [6.45, 7) is 0. The number of nitrogens with one attached hydrogen (secondary N) is 2. The lowest BCUT2D eigenvalue weighted by Gasteiger charge is -2.08. The van der Waals surface area contributed by atoms with E-state index in [1.54, 1.807) is 11.3 Å². The number of hydrogen-bond donors (Lipinski definition) is 2. The van der Waals surface area contributed by atoms with E-state index < -0.39 is 0 Å². The van der Waals surface area contributed by atoms with Crippen molar-refractivity contribution >= 4 is 34.7 Å². The van der Waals surface area contributed by atoms with Gasteiger partial charge in [0.1, 0.15) is 0 Å². The summed E-state index contributed by atoms with van der Waals surface area (Å²) in [7, 11) is 0. The molecule has 0 bridgehead atoms. The lowest BCUT2D eigenvalue weighted by Crippen LogP contribution is -2.22. The van der Waals surface area contributed by atoms with E-state index in [1.165, 1.54) is 5.56 Å². The van der Waals surface area contributed by atoms with Crippen LogP contribution in [0.4, 0.5) is 5.69 Å².